The average molecular weight is 598 g/mol. The first-order valence-electron chi connectivity index (χ1n) is 13.8. The van der Waals surface area contributed by atoms with Gasteiger partial charge in [-0.15, -0.1) is 0 Å². The van der Waals surface area contributed by atoms with Crippen LogP contribution in [0.4, 0.5) is 17.3 Å². The maximum absolute atomic E-state index is 13.1. The average Bonchev–Trinajstić information content (AvgIpc) is 3.37. The Hall–Kier alpha value is -3.54. The smallest absolute Gasteiger partial charge is 0.238 e. The number of nitrogens with zero attached hydrogens (tertiary/aromatic N) is 4. The fourth-order valence-corrected chi connectivity index (χ4v) is 6.28. The van der Waals surface area contributed by atoms with Gasteiger partial charge in [-0.2, -0.15) is 0 Å². The van der Waals surface area contributed by atoms with Gasteiger partial charge in [0, 0.05) is 48.1 Å². The number of morpholine rings is 1. The summed E-state index contributed by atoms with van der Waals surface area (Å²) in [5.74, 6) is 1.65. The van der Waals surface area contributed by atoms with Crippen LogP contribution in [0.3, 0.4) is 0 Å². The number of ether oxygens (including phenoxy) is 3. The minimum atomic E-state index is -3.61. The summed E-state index contributed by atoms with van der Waals surface area (Å²) < 4.78 is 45.3. The molecule has 2 aromatic heterocycles. The van der Waals surface area contributed by atoms with Crippen molar-refractivity contribution >= 4 is 49.9 Å². The van der Waals surface area contributed by atoms with E-state index in [4.69, 9.17) is 30.8 Å². The highest BCUT2D eigenvalue weighted by molar-refractivity contribution is 7.90. The Morgan fingerprint density at radius 1 is 1.00 bits per heavy atom. The van der Waals surface area contributed by atoms with Gasteiger partial charge in [0.05, 0.1) is 60.3 Å². The van der Waals surface area contributed by atoms with Crippen molar-refractivity contribution in [2.75, 3.05) is 55.5 Å². The number of rotatable bonds is 3. The summed E-state index contributed by atoms with van der Waals surface area (Å²) in [6.45, 7) is 5.65. The van der Waals surface area contributed by atoms with Gasteiger partial charge in [0.25, 0.3) is 0 Å². The minimum absolute atomic E-state index is 0.0591. The number of halogens is 1. The Morgan fingerprint density at radius 2 is 1.80 bits per heavy atom. The molecule has 3 aliphatic heterocycles. The second-order valence-electron chi connectivity index (χ2n) is 9.97. The third-order valence-corrected chi connectivity index (χ3v) is 9.20. The van der Waals surface area contributed by atoms with E-state index in [0.29, 0.717) is 65.3 Å². The Bertz CT molecular complexity index is 1670. The van der Waals surface area contributed by atoms with E-state index in [1.165, 1.54) is 10.2 Å². The van der Waals surface area contributed by atoms with Crippen molar-refractivity contribution in [1.82, 2.24) is 13.9 Å². The number of benzene rings is 2. The molecule has 8 bridgehead atoms. The van der Waals surface area contributed by atoms with Gasteiger partial charge >= 0.3 is 0 Å². The standard InChI is InChI=1S/C29H32ClN5O5S/c1-2-41(36,37)35-19-23-22-8-7-21(17-26(22)35)39-12-4-3-5-13-40-27-16-20(32-29-31-18-24(30)28(23)33-29)6-9-25(27)34-10-14-38-15-11-34/h6-9,16-19H,2-5,10-15H2,1H3,(H,31,32,33). The molecule has 12 heteroatoms. The fourth-order valence-electron chi connectivity index (χ4n) is 5.10. The molecule has 0 saturated carbocycles. The normalized spacial score (nSPS) is 16.4. The van der Waals surface area contributed by atoms with Crippen LogP contribution < -0.4 is 19.7 Å². The molecule has 2 aromatic carbocycles. The van der Waals surface area contributed by atoms with E-state index in [1.807, 2.05) is 30.3 Å². The quantitative estimate of drug-likeness (QED) is 0.329. The largest absolute Gasteiger partial charge is 0.494 e. The predicted octanol–water partition coefficient (Wildman–Crippen LogP) is 5.47. The van der Waals surface area contributed by atoms with E-state index in [-0.39, 0.29) is 5.75 Å². The summed E-state index contributed by atoms with van der Waals surface area (Å²) >= 11 is 6.60. The molecule has 4 aromatic rings. The van der Waals surface area contributed by atoms with Crippen molar-refractivity contribution in [2.45, 2.75) is 26.2 Å². The zero-order valence-corrected chi connectivity index (χ0v) is 24.4. The Morgan fingerprint density at radius 3 is 2.61 bits per heavy atom. The van der Waals surface area contributed by atoms with Crippen LogP contribution in [0, 0.1) is 0 Å². The van der Waals surface area contributed by atoms with Crippen LogP contribution in [0.15, 0.2) is 48.8 Å². The summed E-state index contributed by atoms with van der Waals surface area (Å²) in [6, 6.07) is 11.4. The number of hydrogen-bond acceptors (Lipinski definition) is 9. The summed E-state index contributed by atoms with van der Waals surface area (Å²) in [7, 11) is -3.61. The maximum atomic E-state index is 13.1. The molecule has 3 aliphatic rings. The first kappa shape index (κ1) is 27.6. The molecule has 1 saturated heterocycles. The van der Waals surface area contributed by atoms with E-state index in [2.05, 4.69) is 15.2 Å². The van der Waals surface area contributed by atoms with Gasteiger partial charge < -0.3 is 24.4 Å². The van der Waals surface area contributed by atoms with E-state index in [1.54, 1.807) is 19.2 Å². The fraction of sp³-hybridized carbons (Fsp3) is 0.379. The molecule has 0 atom stereocenters. The summed E-state index contributed by atoms with van der Waals surface area (Å²) in [5.41, 5.74) is 3.31. The van der Waals surface area contributed by atoms with Crippen molar-refractivity contribution in [3.05, 3.63) is 53.8 Å². The number of hydrogen-bond donors (Lipinski definition) is 1. The maximum Gasteiger partial charge on any atom is 0.238 e. The molecule has 41 heavy (non-hydrogen) atoms. The second-order valence-corrected chi connectivity index (χ2v) is 12.5. The lowest BCUT2D eigenvalue weighted by atomic mass is 10.1. The van der Waals surface area contributed by atoms with Gasteiger partial charge in [0.2, 0.25) is 16.0 Å². The lowest BCUT2D eigenvalue weighted by Crippen LogP contribution is -2.36. The highest BCUT2D eigenvalue weighted by Gasteiger charge is 2.22. The monoisotopic (exact) mass is 597 g/mol. The lowest BCUT2D eigenvalue weighted by Gasteiger charge is -2.30. The third kappa shape index (κ3) is 5.79. The van der Waals surface area contributed by atoms with Gasteiger partial charge in [-0.1, -0.05) is 11.6 Å². The molecule has 5 heterocycles. The SMILES string of the molecule is CCS(=O)(=O)n1cc2c3ccc(cc31)OCCCCCOc1cc(ccc1N1CCOCC1)Nc1ncc(Cl)c-2n1. The Labute approximate surface area is 244 Å². The van der Waals surface area contributed by atoms with Crippen molar-refractivity contribution in [2.24, 2.45) is 0 Å². The van der Waals surface area contributed by atoms with Crippen LogP contribution in [0.2, 0.25) is 5.02 Å². The Kier molecular flexibility index (Phi) is 7.92. The molecule has 0 unspecified atom stereocenters. The van der Waals surface area contributed by atoms with Crippen LogP contribution in [-0.4, -0.2) is 67.6 Å². The van der Waals surface area contributed by atoms with Crippen molar-refractivity contribution in [3.8, 4) is 22.8 Å². The van der Waals surface area contributed by atoms with Crippen molar-refractivity contribution in [3.63, 3.8) is 0 Å². The molecular formula is C29H32ClN5O5S. The van der Waals surface area contributed by atoms with E-state index >= 15 is 0 Å². The molecule has 7 rings (SSSR count). The van der Waals surface area contributed by atoms with Gasteiger partial charge in [0.15, 0.2) is 0 Å². The van der Waals surface area contributed by atoms with Gasteiger partial charge in [0.1, 0.15) is 11.5 Å². The van der Waals surface area contributed by atoms with Gasteiger partial charge in [-0.25, -0.2) is 22.4 Å². The zero-order valence-electron chi connectivity index (χ0n) is 22.8. The zero-order chi connectivity index (χ0) is 28.4. The van der Waals surface area contributed by atoms with E-state index in [9.17, 15) is 8.42 Å². The number of aromatic nitrogens is 3. The highest BCUT2D eigenvalue weighted by Crippen LogP contribution is 2.38. The molecule has 10 nitrogen and oxygen atoms in total. The van der Waals surface area contributed by atoms with Crippen LogP contribution in [-0.2, 0) is 14.8 Å². The number of fused-ring (bicyclic) bond motifs is 7. The van der Waals surface area contributed by atoms with E-state index < -0.39 is 10.0 Å². The topological polar surface area (TPSA) is 108 Å². The van der Waals surface area contributed by atoms with Crippen LogP contribution in [0.25, 0.3) is 22.2 Å². The van der Waals surface area contributed by atoms with E-state index in [0.717, 1.165) is 49.5 Å². The van der Waals surface area contributed by atoms with Crippen LogP contribution in [0.5, 0.6) is 11.5 Å². The molecule has 0 amide bonds. The molecule has 0 radical (unpaired) electrons. The third-order valence-electron chi connectivity index (χ3n) is 7.29. The van der Waals surface area contributed by atoms with Crippen LogP contribution >= 0.6 is 11.6 Å². The molecule has 1 N–H and O–H groups in total. The molecule has 0 spiro atoms. The second kappa shape index (κ2) is 11.8. The van der Waals surface area contributed by atoms with Gasteiger partial charge in [-0.3, -0.25) is 0 Å². The summed E-state index contributed by atoms with van der Waals surface area (Å²) in [4.78, 5) is 11.4. The summed E-state index contributed by atoms with van der Waals surface area (Å²) in [5, 5.41) is 4.29. The predicted molar refractivity (Wildman–Crippen MR) is 160 cm³/mol. The summed E-state index contributed by atoms with van der Waals surface area (Å²) in [6.07, 6.45) is 5.73. The molecular weight excluding hydrogens is 566 g/mol. The molecule has 0 aliphatic carbocycles. The molecule has 1 fully saturated rings. The number of nitrogens with one attached hydrogen (secondary N) is 1. The van der Waals surface area contributed by atoms with Crippen molar-refractivity contribution < 1.29 is 22.6 Å². The minimum Gasteiger partial charge on any atom is -0.494 e. The highest BCUT2D eigenvalue weighted by atomic mass is 35.5. The first-order valence-corrected chi connectivity index (χ1v) is 15.8. The Balaban J connectivity index is 1.44. The lowest BCUT2D eigenvalue weighted by molar-refractivity contribution is 0.122. The van der Waals surface area contributed by atoms with Crippen LogP contribution in [0.1, 0.15) is 26.2 Å². The van der Waals surface area contributed by atoms with Gasteiger partial charge in [-0.05, 0) is 50.5 Å². The van der Waals surface area contributed by atoms with Crippen molar-refractivity contribution in [1.29, 1.82) is 0 Å². The first-order chi connectivity index (χ1) is 19.9. The molecule has 216 valence electrons. The number of anilines is 3.